The molecule has 0 spiro atoms. The smallest absolute Gasteiger partial charge is 0.170 e. The number of ether oxygens (including phenoxy) is 1. The molecule has 0 radical (unpaired) electrons. The van der Waals surface area contributed by atoms with Gasteiger partial charge in [-0.3, -0.25) is 0 Å². The third-order valence-corrected chi connectivity index (χ3v) is 2.47. The van der Waals surface area contributed by atoms with Gasteiger partial charge in [0.25, 0.3) is 0 Å². The van der Waals surface area contributed by atoms with Gasteiger partial charge in [0.05, 0.1) is 0 Å². The number of hydrogen-bond acceptors (Lipinski definition) is 3. The van der Waals surface area contributed by atoms with Gasteiger partial charge in [-0.2, -0.15) is 0 Å². The Hall–Kier alpha value is -1.43. The number of halogens is 2. The van der Waals surface area contributed by atoms with Crippen LogP contribution < -0.4 is 4.74 Å². The fourth-order valence-electron chi connectivity index (χ4n) is 1.20. The van der Waals surface area contributed by atoms with E-state index in [1.54, 1.807) is 17.0 Å². The van der Waals surface area contributed by atoms with Crippen molar-refractivity contribution in [3.63, 3.8) is 0 Å². The van der Waals surface area contributed by atoms with Gasteiger partial charge in [-0.25, -0.2) is 4.39 Å². The molecule has 2 aromatic rings. The van der Waals surface area contributed by atoms with E-state index in [2.05, 4.69) is 26.1 Å². The van der Waals surface area contributed by atoms with E-state index in [0.717, 1.165) is 0 Å². The van der Waals surface area contributed by atoms with Crippen molar-refractivity contribution in [1.29, 1.82) is 0 Å². The molecule has 84 valence electrons. The highest BCUT2D eigenvalue weighted by molar-refractivity contribution is 9.10. The standard InChI is InChI=1S/C10H9BrFN3O/c1-15-6-13-14-10(15)5-16-9-3-7(11)2-8(12)4-9/h2-4,6H,5H2,1H3. The number of benzene rings is 1. The zero-order valence-electron chi connectivity index (χ0n) is 8.52. The summed E-state index contributed by atoms with van der Waals surface area (Å²) in [6, 6.07) is 4.38. The second-order valence-corrected chi connectivity index (χ2v) is 4.17. The Labute approximate surface area is 100 Å². The Morgan fingerprint density at radius 1 is 1.44 bits per heavy atom. The summed E-state index contributed by atoms with van der Waals surface area (Å²) in [5.41, 5.74) is 0. The average Bonchev–Trinajstić information content (AvgIpc) is 2.59. The van der Waals surface area contributed by atoms with E-state index in [-0.39, 0.29) is 12.4 Å². The molecule has 0 saturated carbocycles. The van der Waals surface area contributed by atoms with E-state index in [4.69, 9.17) is 4.74 Å². The highest BCUT2D eigenvalue weighted by Gasteiger charge is 2.03. The first-order valence-corrected chi connectivity index (χ1v) is 5.36. The van der Waals surface area contributed by atoms with Crippen molar-refractivity contribution in [1.82, 2.24) is 14.8 Å². The third kappa shape index (κ3) is 2.57. The lowest BCUT2D eigenvalue weighted by atomic mass is 10.3. The third-order valence-electron chi connectivity index (χ3n) is 2.01. The lowest BCUT2D eigenvalue weighted by molar-refractivity contribution is 0.289. The van der Waals surface area contributed by atoms with Crippen LogP contribution in [-0.2, 0) is 13.7 Å². The SMILES string of the molecule is Cn1cnnc1COc1cc(F)cc(Br)c1. The zero-order valence-corrected chi connectivity index (χ0v) is 10.1. The maximum absolute atomic E-state index is 13.0. The summed E-state index contributed by atoms with van der Waals surface area (Å²) in [7, 11) is 1.82. The largest absolute Gasteiger partial charge is 0.485 e. The maximum Gasteiger partial charge on any atom is 0.170 e. The first kappa shape index (κ1) is 11.1. The summed E-state index contributed by atoms with van der Waals surface area (Å²) in [6.45, 7) is 0.256. The van der Waals surface area contributed by atoms with Crippen LogP contribution in [0.3, 0.4) is 0 Å². The van der Waals surface area contributed by atoms with Gasteiger partial charge in [0.2, 0.25) is 0 Å². The van der Waals surface area contributed by atoms with E-state index >= 15 is 0 Å². The Balaban J connectivity index is 2.07. The van der Waals surface area contributed by atoms with Crippen LogP contribution in [-0.4, -0.2) is 14.8 Å². The molecule has 1 aromatic carbocycles. The van der Waals surface area contributed by atoms with Crippen molar-refractivity contribution >= 4 is 15.9 Å². The van der Waals surface area contributed by atoms with Gasteiger partial charge in [-0.1, -0.05) is 15.9 Å². The van der Waals surface area contributed by atoms with Gasteiger partial charge >= 0.3 is 0 Å². The Bertz CT molecular complexity index is 480. The van der Waals surface area contributed by atoms with Gasteiger partial charge in [-0.05, 0) is 12.1 Å². The summed E-state index contributed by atoms with van der Waals surface area (Å²) in [5, 5.41) is 7.58. The molecule has 0 aliphatic rings. The highest BCUT2D eigenvalue weighted by atomic mass is 79.9. The van der Waals surface area contributed by atoms with Gasteiger partial charge in [-0.15, -0.1) is 10.2 Å². The predicted octanol–water partition coefficient (Wildman–Crippen LogP) is 2.30. The lowest BCUT2D eigenvalue weighted by Gasteiger charge is -2.06. The molecule has 0 N–H and O–H groups in total. The molecule has 0 fully saturated rings. The van der Waals surface area contributed by atoms with Gasteiger partial charge in [0.15, 0.2) is 5.82 Å². The lowest BCUT2D eigenvalue weighted by Crippen LogP contribution is -2.03. The normalized spacial score (nSPS) is 10.4. The minimum absolute atomic E-state index is 0.256. The molecular weight excluding hydrogens is 277 g/mol. The van der Waals surface area contributed by atoms with Crippen LogP contribution in [0.15, 0.2) is 29.0 Å². The van der Waals surface area contributed by atoms with Crippen molar-refractivity contribution in [3.8, 4) is 5.75 Å². The quantitative estimate of drug-likeness (QED) is 0.869. The number of hydrogen-bond donors (Lipinski definition) is 0. The molecule has 4 nitrogen and oxygen atoms in total. The highest BCUT2D eigenvalue weighted by Crippen LogP contribution is 2.21. The molecule has 0 aliphatic heterocycles. The van der Waals surface area contributed by atoms with Gasteiger partial charge in [0.1, 0.15) is 24.5 Å². The molecule has 0 unspecified atom stereocenters. The molecule has 0 bridgehead atoms. The second-order valence-electron chi connectivity index (χ2n) is 3.25. The Morgan fingerprint density at radius 2 is 2.25 bits per heavy atom. The van der Waals surface area contributed by atoms with Crippen LogP contribution in [0.4, 0.5) is 4.39 Å². The predicted molar refractivity (Wildman–Crippen MR) is 59.4 cm³/mol. The summed E-state index contributed by atoms with van der Waals surface area (Å²) in [4.78, 5) is 0. The molecule has 0 amide bonds. The van der Waals surface area contributed by atoms with Crippen molar-refractivity contribution in [2.24, 2.45) is 7.05 Å². The van der Waals surface area contributed by atoms with E-state index < -0.39 is 0 Å². The zero-order chi connectivity index (χ0) is 11.5. The Morgan fingerprint density at radius 3 is 2.88 bits per heavy atom. The fraction of sp³-hybridized carbons (Fsp3) is 0.200. The minimum Gasteiger partial charge on any atom is -0.485 e. The first-order chi connectivity index (χ1) is 7.65. The molecule has 16 heavy (non-hydrogen) atoms. The molecule has 0 atom stereocenters. The van der Waals surface area contributed by atoms with E-state index in [1.807, 2.05) is 7.05 Å². The molecular formula is C10H9BrFN3O. The number of aromatic nitrogens is 3. The Kier molecular flexibility index (Phi) is 3.19. The minimum atomic E-state index is -0.345. The van der Waals surface area contributed by atoms with Crippen LogP contribution in [0.25, 0.3) is 0 Å². The fourth-order valence-corrected chi connectivity index (χ4v) is 1.64. The summed E-state index contributed by atoms with van der Waals surface area (Å²) < 4.78 is 20.8. The van der Waals surface area contributed by atoms with Crippen molar-refractivity contribution in [2.45, 2.75) is 6.61 Å². The molecule has 2 rings (SSSR count). The second kappa shape index (κ2) is 4.61. The first-order valence-electron chi connectivity index (χ1n) is 4.57. The summed E-state index contributed by atoms with van der Waals surface area (Å²) in [5.74, 6) is 0.789. The van der Waals surface area contributed by atoms with E-state index in [0.29, 0.717) is 16.0 Å². The van der Waals surface area contributed by atoms with E-state index in [9.17, 15) is 4.39 Å². The maximum atomic E-state index is 13.0. The monoisotopic (exact) mass is 285 g/mol. The molecule has 0 saturated heterocycles. The van der Waals surface area contributed by atoms with Crippen molar-refractivity contribution in [2.75, 3.05) is 0 Å². The topological polar surface area (TPSA) is 39.9 Å². The van der Waals surface area contributed by atoms with Crippen molar-refractivity contribution < 1.29 is 9.13 Å². The number of rotatable bonds is 3. The van der Waals surface area contributed by atoms with Gasteiger partial charge in [0, 0.05) is 17.6 Å². The number of aryl methyl sites for hydroxylation is 1. The van der Waals surface area contributed by atoms with E-state index in [1.165, 1.54) is 12.1 Å². The van der Waals surface area contributed by atoms with Crippen LogP contribution in [0, 0.1) is 5.82 Å². The molecule has 6 heteroatoms. The van der Waals surface area contributed by atoms with Crippen molar-refractivity contribution in [3.05, 3.63) is 40.6 Å². The molecule has 0 aliphatic carbocycles. The van der Waals surface area contributed by atoms with Crippen LogP contribution in [0.5, 0.6) is 5.75 Å². The average molecular weight is 286 g/mol. The van der Waals surface area contributed by atoms with Crippen LogP contribution in [0.1, 0.15) is 5.82 Å². The van der Waals surface area contributed by atoms with Crippen LogP contribution >= 0.6 is 15.9 Å². The summed E-state index contributed by atoms with van der Waals surface area (Å²) >= 11 is 3.19. The van der Waals surface area contributed by atoms with Crippen LogP contribution in [0.2, 0.25) is 0 Å². The number of nitrogens with zero attached hydrogens (tertiary/aromatic N) is 3. The molecule has 1 aromatic heterocycles. The summed E-state index contributed by atoms with van der Waals surface area (Å²) in [6.07, 6.45) is 1.58. The van der Waals surface area contributed by atoms with Gasteiger partial charge < -0.3 is 9.30 Å². The molecule has 1 heterocycles.